The number of fused-ring (bicyclic) bond motifs is 2. The summed E-state index contributed by atoms with van der Waals surface area (Å²) in [6.45, 7) is 0.467. The van der Waals surface area contributed by atoms with Gasteiger partial charge in [-0.25, -0.2) is 4.39 Å². The SMILES string of the molecule is O=C1NCNC12CCc1ccc(F)cc12. The zero-order valence-corrected chi connectivity index (χ0v) is 8.14. The summed E-state index contributed by atoms with van der Waals surface area (Å²) in [5.74, 6) is -0.316. The van der Waals surface area contributed by atoms with Gasteiger partial charge in [-0.2, -0.15) is 0 Å². The van der Waals surface area contributed by atoms with Crippen molar-refractivity contribution in [2.75, 3.05) is 6.67 Å². The summed E-state index contributed by atoms with van der Waals surface area (Å²) in [6, 6.07) is 4.69. The normalized spacial score (nSPS) is 28.2. The number of rotatable bonds is 0. The van der Waals surface area contributed by atoms with Crippen molar-refractivity contribution in [3.05, 3.63) is 35.1 Å². The fourth-order valence-corrected chi connectivity index (χ4v) is 2.55. The second-order valence-corrected chi connectivity index (χ2v) is 4.07. The fourth-order valence-electron chi connectivity index (χ4n) is 2.55. The number of benzene rings is 1. The molecular formula is C11H11FN2O. The molecule has 1 unspecified atom stereocenters. The van der Waals surface area contributed by atoms with E-state index >= 15 is 0 Å². The summed E-state index contributed by atoms with van der Waals surface area (Å²) in [5, 5.41) is 5.88. The van der Waals surface area contributed by atoms with Gasteiger partial charge >= 0.3 is 0 Å². The van der Waals surface area contributed by atoms with Crippen LogP contribution in [-0.2, 0) is 16.8 Å². The molecule has 1 aromatic carbocycles. The molecule has 78 valence electrons. The zero-order valence-electron chi connectivity index (χ0n) is 8.14. The molecule has 1 aliphatic heterocycles. The number of amides is 1. The van der Waals surface area contributed by atoms with E-state index in [1.807, 2.05) is 0 Å². The van der Waals surface area contributed by atoms with Crippen molar-refractivity contribution in [3.63, 3.8) is 0 Å². The molecule has 0 bridgehead atoms. The topological polar surface area (TPSA) is 41.1 Å². The van der Waals surface area contributed by atoms with Crippen LogP contribution in [0.25, 0.3) is 0 Å². The van der Waals surface area contributed by atoms with Crippen LogP contribution in [0.1, 0.15) is 17.5 Å². The van der Waals surface area contributed by atoms with Crippen molar-refractivity contribution in [2.45, 2.75) is 18.4 Å². The third kappa shape index (κ3) is 1.05. The first-order valence-electron chi connectivity index (χ1n) is 5.05. The maximum absolute atomic E-state index is 13.2. The Hall–Kier alpha value is -1.42. The van der Waals surface area contributed by atoms with Gasteiger partial charge in [0.2, 0.25) is 5.91 Å². The molecule has 2 N–H and O–H groups in total. The van der Waals surface area contributed by atoms with E-state index in [-0.39, 0.29) is 11.7 Å². The Labute approximate surface area is 86.7 Å². The van der Waals surface area contributed by atoms with Gasteiger partial charge in [-0.1, -0.05) is 6.07 Å². The van der Waals surface area contributed by atoms with Crippen molar-refractivity contribution in [1.82, 2.24) is 10.6 Å². The average molecular weight is 206 g/mol. The van der Waals surface area contributed by atoms with Gasteiger partial charge in [-0.15, -0.1) is 0 Å². The van der Waals surface area contributed by atoms with Crippen LogP contribution in [-0.4, -0.2) is 12.6 Å². The lowest BCUT2D eigenvalue weighted by Gasteiger charge is -2.21. The Morgan fingerprint density at radius 2 is 2.27 bits per heavy atom. The predicted octanol–water partition coefficient (Wildman–Crippen LogP) is 0.644. The third-order valence-electron chi connectivity index (χ3n) is 3.33. The zero-order chi connectivity index (χ0) is 10.5. The molecule has 0 saturated carbocycles. The summed E-state index contributed by atoms with van der Waals surface area (Å²) in [6.07, 6.45) is 1.55. The van der Waals surface area contributed by atoms with E-state index < -0.39 is 5.54 Å². The van der Waals surface area contributed by atoms with Crippen LogP contribution in [0, 0.1) is 5.82 Å². The lowest BCUT2D eigenvalue weighted by atomic mass is 9.92. The second-order valence-electron chi connectivity index (χ2n) is 4.07. The summed E-state index contributed by atoms with van der Waals surface area (Å²) in [5.41, 5.74) is 1.20. The molecule has 1 spiro atoms. The molecular weight excluding hydrogens is 195 g/mol. The van der Waals surface area contributed by atoms with Crippen LogP contribution in [0.5, 0.6) is 0 Å². The number of hydrogen-bond donors (Lipinski definition) is 2. The van der Waals surface area contributed by atoms with Crippen molar-refractivity contribution < 1.29 is 9.18 Å². The first-order chi connectivity index (χ1) is 7.22. The van der Waals surface area contributed by atoms with Crippen LogP contribution in [0.4, 0.5) is 4.39 Å². The van der Waals surface area contributed by atoms with Crippen molar-refractivity contribution >= 4 is 5.91 Å². The highest BCUT2D eigenvalue weighted by Crippen LogP contribution is 2.38. The minimum absolute atomic E-state index is 0.0353. The Kier molecular flexibility index (Phi) is 1.65. The van der Waals surface area contributed by atoms with Crippen LogP contribution in [0.15, 0.2) is 18.2 Å². The van der Waals surface area contributed by atoms with E-state index in [9.17, 15) is 9.18 Å². The van der Waals surface area contributed by atoms with Crippen molar-refractivity contribution in [1.29, 1.82) is 0 Å². The summed E-state index contributed by atoms with van der Waals surface area (Å²) < 4.78 is 13.2. The van der Waals surface area contributed by atoms with E-state index in [0.717, 1.165) is 24.0 Å². The van der Waals surface area contributed by atoms with Gasteiger partial charge in [0.15, 0.2) is 0 Å². The summed E-state index contributed by atoms with van der Waals surface area (Å²) >= 11 is 0. The standard InChI is InChI=1S/C11H11FN2O/c12-8-2-1-7-3-4-11(9(7)5-8)10(15)13-6-14-11/h1-2,5,14H,3-4,6H2,(H,13,15). The van der Waals surface area contributed by atoms with Gasteiger partial charge < -0.3 is 5.32 Å². The van der Waals surface area contributed by atoms with E-state index in [1.54, 1.807) is 6.07 Å². The number of nitrogens with one attached hydrogen (secondary N) is 2. The molecule has 3 rings (SSSR count). The smallest absolute Gasteiger partial charge is 0.245 e. The lowest BCUT2D eigenvalue weighted by molar-refractivity contribution is -0.124. The number of hydrogen-bond acceptors (Lipinski definition) is 2. The second kappa shape index (κ2) is 2.79. The molecule has 1 amide bonds. The van der Waals surface area contributed by atoms with E-state index in [1.165, 1.54) is 12.1 Å². The molecule has 1 fully saturated rings. The molecule has 1 aliphatic carbocycles. The summed E-state index contributed by atoms with van der Waals surface area (Å²) in [4.78, 5) is 11.8. The van der Waals surface area contributed by atoms with E-state index in [4.69, 9.17) is 0 Å². The van der Waals surface area contributed by atoms with Gasteiger partial charge in [0.25, 0.3) is 0 Å². The van der Waals surface area contributed by atoms with E-state index in [0.29, 0.717) is 6.67 Å². The highest BCUT2D eigenvalue weighted by Gasteiger charge is 2.48. The lowest BCUT2D eigenvalue weighted by Crippen LogP contribution is -2.41. The Balaban J connectivity index is 2.18. The maximum Gasteiger partial charge on any atom is 0.245 e. The molecule has 0 aromatic heterocycles. The summed E-state index contributed by atoms with van der Waals surface area (Å²) in [7, 11) is 0. The molecule has 15 heavy (non-hydrogen) atoms. The fraction of sp³-hybridized carbons (Fsp3) is 0.364. The van der Waals surface area contributed by atoms with Crippen molar-refractivity contribution in [2.24, 2.45) is 0 Å². The molecule has 1 atom stereocenters. The van der Waals surface area contributed by atoms with Crippen LogP contribution < -0.4 is 10.6 Å². The Bertz CT molecular complexity index is 446. The van der Waals surface area contributed by atoms with Crippen LogP contribution >= 0.6 is 0 Å². The van der Waals surface area contributed by atoms with Gasteiger partial charge in [-0.05, 0) is 36.1 Å². The van der Waals surface area contributed by atoms with Crippen LogP contribution in [0.2, 0.25) is 0 Å². The molecule has 1 saturated heterocycles. The van der Waals surface area contributed by atoms with Gasteiger partial charge in [0.05, 0.1) is 6.67 Å². The average Bonchev–Trinajstić information content (AvgIpc) is 2.75. The highest BCUT2D eigenvalue weighted by atomic mass is 19.1. The van der Waals surface area contributed by atoms with Gasteiger partial charge in [-0.3, -0.25) is 10.1 Å². The van der Waals surface area contributed by atoms with Crippen LogP contribution in [0.3, 0.4) is 0 Å². The molecule has 0 radical (unpaired) electrons. The first-order valence-corrected chi connectivity index (χ1v) is 5.05. The number of halogens is 1. The van der Waals surface area contributed by atoms with Gasteiger partial charge in [0, 0.05) is 0 Å². The van der Waals surface area contributed by atoms with Crippen molar-refractivity contribution in [3.8, 4) is 0 Å². The Morgan fingerprint density at radius 3 is 3.00 bits per heavy atom. The quantitative estimate of drug-likeness (QED) is 0.654. The number of aryl methyl sites for hydroxylation is 1. The van der Waals surface area contributed by atoms with Gasteiger partial charge in [0.1, 0.15) is 11.4 Å². The maximum atomic E-state index is 13.2. The highest BCUT2D eigenvalue weighted by molar-refractivity contribution is 5.90. The molecule has 1 aromatic rings. The first kappa shape index (κ1) is 8.85. The molecule has 3 nitrogen and oxygen atoms in total. The largest absolute Gasteiger partial charge is 0.342 e. The molecule has 4 heteroatoms. The Morgan fingerprint density at radius 1 is 1.40 bits per heavy atom. The minimum Gasteiger partial charge on any atom is -0.342 e. The number of carbonyl (C=O) groups excluding carboxylic acids is 1. The predicted molar refractivity (Wildman–Crippen MR) is 52.5 cm³/mol. The molecule has 2 aliphatic rings. The van der Waals surface area contributed by atoms with E-state index in [2.05, 4.69) is 10.6 Å². The monoisotopic (exact) mass is 206 g/mol. The molecule has 1 heterocycles. The number of carbonyl (C=O) groups is 1. The minimum atomic E-state index is -0.669. The third-order valence-corrected chi connectivity index (χ3v) is 3.33.